The molecule has 1 fully saturated rings. The van der Waals surface area contributed by atoms with E-state index in [-0.39, 0.29) is 5.91 Å². The molecule has 1 unspecified atom stereocenters. The molecule has 1 aliphatic rings. The molecular weight excluding hydrogens is 240 g/mol. The number of rotatable bonds is 4. The average Bonchev–Trinajstić information content (AvgIpc) is 2.40. The third kappa shape index (κ3) is 3.70. The Balaban J connectivity index is 1.84. The zero-order valence-electron chi connectivity index (χ0n) is 11.4. The summed E-state index contributed by atoms with van der Waals surface area (Å²) in [5.74, 6) is -0.0913. The summed E-state index contributed by atoms with van der Waals surface area (Å²) >= 11 is 0. The van der Waals surface area contributed by atoms with Gasteiger partial charge in [-0.1, -0.05) is 12.1 Å². The number of ether oxygens (including phenoxy) is 1. The Hall–Kier alpha value is -1.55. The zero-order valence-corrected chi connectivity index (χ0v) is 11.4. The lowest BCUT2D eigenvalue weighted by atomic mass is 10.0. The van der Waals surface area contributed by atoms with E-state index in [1.807, 2.05) is 19.1 Å². The molecule has 1 atom stereocenters. The first-order chi connectivity index (χ1) is 9.18. The molecule has 4 nitrogen and oxygen atoms in total. The van der Waals surface area contributed by atoms with Crippen molar-refractivity contribution in [1.29, 1.82) is 0 Å². The number of carbonyl (C=O) groups excluding carboxylic acids is 1. The van der Waals surface area contributed by atoms with Gasteiger partial charge < -0.3 is 15.8 Å². The second-order valence-corrected chi connectivity index (χ2v) is 5.07. The van der Waals surface area contributed by atoms with E-state index in [2.05, 4.69) is 5.32 Å². The van der Waals surface area contributed by atoms with Gasteiger partial charge in [0, 0.05) is 18.8 Å². The predicted octanol–water partition coefficient (Wildman–Crippen LogP) is 2.27. The van der Waals surface area contributed by atoms with Crippen molar-refractivity contribution in [1.82, 2.24) is 5.32 Å². The number of aryl methyl sites for hydroxylation is 1. The number of amides is 1. The molecule has 0 aliphatic carbocycles. The Bertz CT molecular complexity index is 420. The number of benzene rings is 1. The molecule has 1 amide bonds. The number of nitrogens with two attached hydrogens (primary N) is 1. The van der Waals surface area contributed by atoms with Gasteiger partial charge in [-0.3, -0.25) is 4.79 Å². The van der Waals surface area contributed by atoms with Crippen LogP contribution in [-0.4, -0.2) is 25.2 Å². The molecule has 0 radical (unpaired) electrons. The van der Waals surface area contributed by atoms with E-state index in [1.165, 1.54) is 6.42 Å². The Labute approximate surface area is 114 Å². The smallest absolute Gasteiger partial charge is 0.253 e. The second-order valence-electron chi connectivity index (χ2n) is 5.07. The van der Waals surface area contributed by atoms with Crippen LogP contribution in [0.3, 0.4) is 0 Å². The number of anilines is 1. The van der Waals surface area contributed by atoms with Gasteiger partial charge >= 0.3 is 0 Å². The van der Waals surface area contributed by atoms with Crippen LogP contribution < -0.4 is 11.1 Å². The summed E-state index contributed by atoms with van der Waals surface area (Å²) in [6, 6.07) is 5.51. The minimum Gasteiger partial charge on any atom is -0.398 e. The molecule has 1 saturated heterocycles. The molecule has 0 bridgehead atoms. The molecule has 19 heavy (non-hydrogen) atoms. The summed E-state index contributed by atoms with van der Waals surface area (Å²) < 4.78 is 5.64. The van der Waals surface area contributed by atoms with Crippen LogP contribution in [0.4, 0.5) is 5.69 Å². The summed E-state index contributed by atoms with van der Waals surface area (Å²) in [4.78, 5) is 12.1. The first-order valence-corrected chi connectivity index (χ1v) is 6.93. The Morgan fingerprint density at radius 2 is 2.32 bits per heavy atom. The standard InChI is InChI=1S/C15H22N2O2/c1-11-5-4-7-13(16)14(11)15(18)17-9-8-12-6-2-3-10-19-12/h4-5,7,12H,2-3,6,8-10,16H2,1H3,(H,17,18). The topological polar surface area (TPSA) is 64.4 Å². The fourth-order valence-corrected chi connectivity index (χ4v) is 2.47. The Morgan fingerprint density at radius 3 is 3.00 bits per heavy atom. The lowest BCUT2D eigenvalue weighted by molar-refractivity contribution is 0.0117. The highest BCUT2D eigenvalue weighted by molar-refractivity contribution is 6.00. The lowest BCUT2D eigenvalue weighted by Gasteiger charge is -2.22. The third-order valence-corrected chi connectivity index (χ3v) is 3.56. The van der Waals surface area contributed by atoms with Crippen molar-refractivity contribution in [2.24, 2.45) is 0 Å². The van der Waals surface area contributed by atoms with E-state index in [9.17, 15) is 4.79 Å². The van der Waals surface area contributed by atoms with E-state index in [0.29, 0.717) is 23.9 Å². The number of hydrogen-bond donors (Lipinski definition) is 2. The largest absolute Gasteiger partial charge is 0.398 e. The van der Waals surface area contributed by atoms with Gasteiger partial charge in [-0.15, -0.1) is 0 Å². The minimum absolute atomic E-state index is 0.0913. The molecular formula is C15H22N2O2. The van der Waals surface area contributed by atoms with E-state index >= 15 is 0 Å². The van der Waals surface area contributed by atoms with Gasteiger partial charge in [-0.25, -0.2) is 0 Å². The molecule has 0 aromatic heterocycles. The van der Waals surface area contributed by atoms with Gasteiger partial charge in [0.1, 0.15) is 0 Å². The van der Waals surface area contributed by atoms with Gasteiger partial charge in [-0.2, -0.15) is 0 Å². The molecule has 1 heterocycles. The Kier molecular flexibility index (Phi) is 4.80. The maximum absolute atomic E-state index is 12.1. The van der Waals surface area contributed by atoms with Crippen LogP contribution in [0.2, 0.25) is 0 Å². The fraction of sp³-hybridized carbons (Fsp3) is 0.533. The monoisotopic (exact) mass is 262 g/mol. The van der Waals surface area contributed by atoms with E-state index in [1.54, 1.807) is 6.07 Å². The summed E-state index contributed by atoms with van der Waals surface area (Å²) in [6.07, 6.45) is 4.65. The fourth-order valence-electron chi connectivity index (χ4n) is 2.47. The molecule has 1 aromatic carbocycles. The number of hydrogen-bond acceptors (Lipinski definition) is 3. The maximum atomic E-state index is 12.1. The van der Waals surface area contributed by atoms with Crippen LogP contribution in [0, 0.1) is 6.92 Å². The van der Waals surface area contributed by atoms with Crippen molar-refractivity contribution in [3.63, 3.8) is 0 Å². The van der Waals surface area contributed by atoms with Crippen molar-refractivity contribution in [2.45, 2.75) is 38.7 Å². The highest BCUT2D eigenvalue weighted by Crippen LogP contribution is 2.17. The predicted molar refractivity (Wildman–Crippen MR) is 76.1 cm³/mol. The van der Waals surface area contributed by atoms with Gasteiger partial charge in [0.2, 0.25) is 0 Å². The SMILES string of the molecule is Cc1cccc(N)c1C(=O)NCCC1CCCCO1. The molecule has 1 aliphatic heterocycles. The molecule has 104 valence electrons. The highest BCUT2D eigenvalue weighted by Gasteiger charge is 2.15. The van der Waals surface area contributed by atoms with Crippen LogP contribution in [0.25, 0.3) is 0 Å². The highest BCUT2D eigenvalue weighted by atomic mass is 16.5. The Morgan fingerprint density at radius 1 is 1.47 bits per heavy atom. The van der Waals surface area contributed by atoms with Crippen molar-refractivity contribution in [3.05, 3.63) is 29.3 Å². The lowest BCUT2D eigenvalue weighted by Crippen LogP contribution is -2.30. The van der Waals surface area contributed by atoms with E-state index in [4.69, 9.17) is 10.5 Å². The van der Waals surface area contributed by atoms with E-state index < -0.39 is 0 Å². The first-order valence-electron chi connectivity index (χ1n) is 6.93. The zero-order chi connectivity index (χ0) is 13.7. The van der Waals surface area contributed by atoms with Crippen molar-refractivity contribution >= 4 is 11.6 Å². The molecule has 0 saturated carbocycles. The third-order valence-electron chi connectivity index (χ3n) is 3.56. The van der Waals surface area contributed by atoms with Crippen LogP contribution in [0.5, 0.6) is 0 Å². The van der Waals surface area contributed by atoms with Crippen LogP contribution in [0.1, 0.15) is 41.6 Å². The molecule has 1 aromatic rings. The molecule has 3 N–H and O–H groups in total. The number of nitrogen functional groups attached to an aromatic ring is 1. The maximum Gasteiger partial charge on any atom is 0.253 e. The molecule has 4 heteroatoms. The molecule has 0 spiro atoms. The average molecular weight is 262 g/mol. The first kappa shape index (κ1) is 13.9. The van der Waals surface area contributed by atoms with Crippen LogP contribution in [-0.2, 0) is 4.74 Å². The van der Waals surface area contributed by atoms with Gasteiger partial charge in [0.25, 0.3) is 5.91 Å². The summed E-state index contributed by atoms with van der Waals surface area (Å²) in [5, 5.41) is 2.93. The quantitative estimate of drug-likeness (QED) is 0.818. The summed E-state index contributed by atoms with van der Waals surface area (Å²) in [6.45, 7) is 3.39. The van der Waals surface area contributed by atoms with Gasteiger partial charge in [0.05, 0.1) is 11.7 Å². The minimum atomic E-state index is -0.0913. The summed E-state index contributed by atoms with van der Waals surface area (Å²) in [7, 11) is 0. The van der Waals surface area contributed by atoms with Crippen molar-refractivity contribution < 1.29 is 9.53 Å². The normalized spacial score (nSPS) is 19.1. The van der Waals surface area contributed by atoms with Gasteiger partial charge in [0.15, 0.2) is 0 Å². The van der Waals surface area contributed by atoms with Crippen LogP contribution >= 0.6 is 0 Å². The summed E-state index contributed by atoms with van der Waals surface area (Å²) in [5.41, 5.74) is 7.88. The second kappa shape index (κ2) is 6.57. The van der Waals surface area contributed by atoms with Crippen molar-refractivity contribution in [3.8, 4) is 0 Å². The van der Waals surface area contributed by atoms with E-state index in [0.717, 1.165) is 31.4 Å². The number of nitrogens with one attached hydrogen (secondary N) is 1. The van der Waals surface area contributed by atoms with Crippen molar-refractivity contribution in [2.75, 3.05) is 18.9 Å². The van der Waals surface area contributed by atoms with Crippen LogP contribution in [0.15, 0.2) is 18.2 Å². The molecule has 2 rings (SSSR count). The number of carbonyl (C=O) groups is 1. The van der Waals surface area contributed by atoms with Gasteiger partial charge in [-0.05, 0) is 44.2 Å².